The summed E-state index contributed by atoms with van der Waals surface area (Å²) in [6.45, 7) is 5.96. The van der Waals surface area contributed by atoms with Crippen LogP contribution in [0.4, 0.5) is 5.69 Å². The Labute approximate surface area is 214 Å². The van der Waals surface area contributed by atoms with Crippen LogP contribution in [0.3, 0.4) is 0 Å². The number of hydrogen-bond acceptors (Lipinski definition) is 6. The van der Waals surface area contributed by atoms with Gasteiger partial charge in [-0.25, -0.2) is 0 Å². The van der Waals surface area contributed by atoms with Crippen molar-refractivity contribution in [2.24, 2.45) is 5.16 Å². The maximum Gasteiger partial charge on any atom is 0.255 e. The fourth-order valence-corrected chi connectivity index (χ4v) is 3.97. The van der Waals surface area contributed by atoms with E-state index < -0.39 is 11.5 Å². The normalized spacial score (nSPS) is 17.0. The molecule has 1 aliphatic rings. The second-order valence-electron chi connectivity index (χ2n) is 8.67. The van der Waals surface area contributed by atoms with Gasteiger partial charge in [0.2, 0.25) is 0 Å². The quantitative estimate of drug-likeness (QED) is 0.377. The molecule has 1 amide bonds. The second-order valence-corrected chi connectivity index (χ2v) is 9.49. The smallest absolute Gasteiger partial charge is 0.255 e. The molecular formula is C26H25Cl2N3O4. The summed E-state index contributed by atoms with van der Waals surface area (Å²) in [7, 11) is 0. The van der Waals surface area contributed by atoms with E-state index in [4.69, 9.17) is 37.5 Å². The highest BCUT2D eigenvalue weighted by molar-refractivity contribution is 6.39. The summed E-state index contributed by atoms with van der Waals surface area (Å²) < 4.78 is 12.0. The lowest BCUT2D eigenvalue weighted by molar-refractivity contribution is -0.0363. The number of pyridine rings is 1. The predicted molar refractivity (Wildman–Crippen MR) is 137 cm³/mol. The van der Waals surface area contributed by atoms with Gasteiger partial charge in [-0.1, -0.05) is 58.7 Å². The molecule has 1 N–H and O–H groups in total. The Kier molecular flexibility index (Phi) is 7.48. The number of anilines is 1. The van der Waals surface area contributed by atoms with Crippen LogP contribution in [0.15, 0.2) is 66.1 Å². The van der Waals surface area contributed by atoms with Crippen molar-refractivity contribution >= 4 is 40.5 Å². The zero-order chi connectivity index (χ0) is 25.0. The first-order valence-corrected chi connectivity index (χ1v) is 11.8. The Morgan fingerprint density at radius 3 is 2.51 bits per heavy atom. The fraction of sp³-hybridized carbons (Fsp3) is 0.269. The van der Waals surface area contributed by atoms with Gasteiger partial charge in [-0.2, -0.15) is 0 Å². The minimum atomic E-state index is -0.670. The summed E-state index contributed by atoms with van der Waals surface area (Å²) in [5, 5.41) is 7.47. The van der Waals surface area contributed by atoms with Gasteiger partial charge >= 0.3 is 0 Å². The highest BCUT2D eigenvalue weighted by Crippen LogP contribution is 2.34. The standard InChI is InChI=1S/C26H25Cl2N3O4/c1-16(2)34-22-10-9-18(25(32)30-24-19(27)13-29-14-20(24)28)11-23(22)33-15-26(3)12-21(31-35-26)17-7-5-4-6-8-17/h4-11,13-14,16H,12,15H2,1-3H3,(H,29,30,32). The van der Waals surface area contributed by atoms with Crippen LogP contribution in [-0.2, 0) is 4.84 Å². The van der Waals surface area contributed by atoms with E-state index in [1.807, 2.05) is 51.1 Å². The Bertz CT molecular complexity index is 1230. The van der Waals surface area contributed by atoms with Gasteiger partial charge in [0.25, 0.3) is 5.91 Å². The lowest BCUT2D eigenvalue weighted by atomic mass is 9.97. The Morgan fingerprint density at radius 1 is 1.11 bits per heavy atom. The van der Waals surface area contributed by atoms with Gasteiger partial charge in [0.05, 0.1) is 27.5 Å². The molecule has 0 saturated heterocycles. The van der Waals surface area contributed by atoms with Gasteiger partial charge in [-0.05, 0) is 44.5 Å². The summed E-state index contributed by atoms with van der Waals surface area (Å²) in [6.07, 6.45) is 3.31. The number of ether oxygens (including phenoxy) is 2. The third-order valence-corrected chi connectivity index (χ3v) is 5.79. The average molecular weight is 514 g/mol. The van der Waals surface area contributed by atoms with Crippen molar-refractivity contribution in [2.45, 2.75) is 38.9 Å². The van der Waals surface area contributed by atoms with Crippen LogP contribution in [0, 0.1) is 0 Å². The van der Waals surface area contributed by atoms with E-state index in [0.29, 0.717) is 23.5 Å². The molecule has 1 aromatic heterocycles. The topological polar surface area (TPSA) is 82.0 Å². The second kappa shape index (κ2) is 10.5. The molecule has 0 aliphatic carbocycles. The van der Waals surface area contributed by atoms with Gasteiger partial charge in [0.1, 0.15) is 6.61 Å². The number of hydrogen-bond donors (Lipinski definition) is 1. The Hall–Kier alpha value is -3.29. The molecule has 182 valence electrons. The third-order valence-electron chi connectivity index (χ3n) is 5.22. The van der Waals surface area contributed by atoms with Crippen molar-refractivity contribution in [1.82, 2.24) is 4.98 Å². The lowest BCUT2D eigenvalue weighted by Gasteiger charge is -2.23. The van der Waals surface area contributed by atoms with Crippen molar-refractivity contribution in [3.05, 3.63) is 82.1 Å². The number of nitrogens with zero attached hydrogens (tertiary/aromatic N) is 2. The largest absolute Gasteiger partial charge is 0.487 e. The molecule has 0 bridgehead atoms. The monoisotopic (exact) mass is 513 g/mol. The summed E-state index contributed by atoms with van der Waals surface area (Å²) in [6, 6.07) is 14.8. The van der Waals surface area contributed by atoms with Gasteiger partial charge < -0.3 is 19.6 Å². The molecule has 1 aliphatic heterocycles. The van der Waals surface area contributed by atoms with Crippen LogP contribution >= 0.6 is 23.2 Å². The number of aromatic nitrogens is 1. The molecule has 4 rings (SSSR count). The first-order valence-electron chi connectivity index (χ1n) is 11.1. The van der Waals surface area contributed by atoms with Crippen LogP contribution in [0.25, 0.3) is 0 Å². The van der Waals surface area contributed by atoms with Crippen molar-refractivity contribution in [1.29, 1.82) is 0 Å². The zero-order valence-corrected chi connectivity index (χ0v) is 21.1. The molecule has 1 unspecified atom stereocenters. The van der Waals surface area contributed by atoms with E-state index in [-0.39, 0.29) is 28.4 Å². The summed E-state index contributed by atoms with van der Waals surface area (Å²) >= 11 is 12.3. The molecule has 3 aromatic rings. The van der Waals surface area contributed by atoms with Crippen LogP contribution < -0.4 is 14.8 Å². The van der Waals surface area contributed by atoms with E-state index in [1.54, 1.807) is 18.2 Å². The third kappa shape index (κ3) is 6.05. The van der Waals surface area contributed by atoms with Gasteiger partial charge in [-0.3, -0.25) is 9.78 Å². The number of rotatable bonds is 8. The fourth-order valence-electron chi connectivity index (χ4n) is 3.51. The number of amides is 1. The number of halogens is 2. The number of oxime groups is 1. The molecule has 1 atom stereocenters. The van der Waals surface area contributed by atoms with Gasteiger partial charge in [0.15, 0.2) is 17.1 Å². The Morgan fingerprint density at radius 2 is 1.83 bits per heavy atom. The van der Waals surface area contributed by atoms with Crippen molar-refractivity contribution < 1.29 is 19.1 Å². The number of carbonyl (C=O) groups excluding carboxylic acids is 1. The molecule has 0 fully saturated rings. The minimum Gasteiger partial charge on any atom is -0.487 e. The first kappa shape index (κ1) is 24.8. The Balaban J connectivity index is 1.51. The molecule has 0 radical (unpaired) electrons. The van der Waals surface area contributed by atoms with E-state index >= 15 is 0 Å². The zero-order valence-electron chi connectivity index (χ0n) is 19.5. The molecule has 9 heteroatoms. The maximum absolute atomic E-state index is 12.9. The SMILES string of the molecule is CC(C)Oc1ccc(C(=O)Nc2c(Cl)cncc2Cl)cc1OCC1(C)CC(c2ccccc2)=NO1. The molecular weight excluding hydrogens is 489 g/mol. The van der Waals surface area contributed by atoms with E-state index in [0.717, 1.165) is 11.3 Å². The van der Waals surface area contributed by atoms with E-state index in [9.17, 15) is 4.79 Å². The molecule has 0 spiro atoms. The summed E-state index contributed by atoms with van der Waals surface area (Å²) in [5.74, 6) is 0.526. The number of benzene rings is 2. The van der Waals surface area contributed by atoms with Crippen LogP contribution in [0.1, 0.15) is 43.1 Å². The highest BCUT2D eigenvalue weighted by atomic mass is 35.5. The van der Waals surface area contributed by atoms with Crippen LogP contribution in [-0.4, -0.2) is 34.9 Å². The van der Waals surface area contributed by atoms with Crippen LogP contribution in [0.2, 0.25) is 10.0 Å². The van der Waals surface area contributed by atoms with Gasteiger partial charge in [-0.15, -0.1) is 0 Å². The van der Waals surface area contributed by atoms with Gasteiger partial charge in [0, 0.05) is 24.4 Å². The molecule has 2 aromatic carbocycles. The predicted octanol–water partition coefficient (Wildman–Crippen LogP) is 6.39. The van der Waals surface area contributed by atoms with Crippen LogP contribution in [0.5, 0.6) is 11.5 Å². The van der Waals surface area contributed by atoms with E-state index in [2.05, 4.69) is 15.5 Å². The van der Waals surface area contributed by atoms with E-state index in [1.165, 1.54) is 12.4 Å². The number of carbonyl (C=O) groups is 1. The highest BCUT2D eigenvalue weighted by Gasteiger charge is 2.36. The summed E-state index contributed by atoms with van der Waals surface area (Å²) in [4.78, 5) is 22.6. The average Bonchev–Trinajstić information content (AvgIpc) is 3.23. The molecule has 2 heterocycles. The van der Waals surface area contributed by atoms with Crippen molar-refractivity contribution in [3.8, 4) is 11.5 Å². The lowest BCUT2D eigenvalue weighted by Crippen LogP contribution is -2.33. The molecule has 0 saturated carbocycles. The minimum absolute atomic E-state index is 0.0854. The maximum atomic E-state index is 12.9. The summed E-state index contributed by atoms with van der Waals surface area (Å²) in [5.41, 5.74) is 1.83. The van der Waals surface area contributed by atoms with Crippen molar-refractivity contribution in [2.75, 3.05) is 11.9 Å². The van der Waals surface area contributed by atoms with Crippen molar-refractivity contribution in [3.63, 3.8) is 0 Å². The first-order chi connectivity index (χ1) is 16.7. The molecule has 35 heavy (non-hydrogen) atoms. The number of nitrogens with one attached hydrogen (secondary N) is 1. The molecule has 7 nitrogen and oxygen atoms in total.